The van der Waals surface area contributed by atoms with Crippen molar-refractivity contribution < 1.29 is 13.9 Å². The average molecular weight is 334 g/mol. The summed E-state index contributed by atoms with van der Waals surface area (Å²) in [5.74, 6) is 0.111. The smallest absolute Gasteiger partial charge is 0.348 e. The van der Waals surface area contributed by atoms with Crippen LogP contribution in [0.2, 0.25) is 0 Å². The van der Waals surface area contributed by atoms with Crippen molar-refractivity contribution in [3.63, 3.8) is 0 Å². The van der Waals surface area contributed by atoms with Crippen LogP contribution in [-0.4, -0.2) is 5.11 Å². The normalized spacial score (nSPS) is 11.5. The summed E-state index contributed by atoms with van der Waals surface area (Å²) in [5.41, 5.74) is 4.03. The quantitative estimate of drug-likeness (QED) is 0.403. The van der Waals surface area contributed by atoms with E-state index in [1.165, 1.54) is 11.6 Å². The maximum absolute atomic E-state index is 12.4. The molecule has 1 N–H and O–H groups in total. The summed E-state index contributed by atoms with van der Waals surface area (Å²) in [6, 6.07) is 9.06. The van der Waals surface area contributed by atoms with Crippen LogP contribution in [0.15, 0.2) is 55.6 Å². The standard InChI is InChI=1S/C21H18O4/c1-11(2)4-6-13-9-15-18(10-16(13)22)25-21(23)19-14-7-5-12(3)8-17(14)24-20(15)19/h4-5,7-10,22H,6H2,1-3H3. The Morgan fingerprint density at radius 2 is 1.84 bits per heavy atom. The largest absolute Gasteiger partial charge is 0.508 e. The number of rotatable bonds is 2. The van der Waals surface area contributed by atoms with E-state index in [-0.39, 0.29) is 5.75 Å². The van der Waals surface area contributed by atoms with E-state index >= 15 is 0 Å². The number of aromatic hydroxyl groups is 1. The topological polar surface area (TPSA) is 63.6 Å². The number of fused-ring (bicyclic) bond motifs is 5. The molecule has 0 atom stereocenters. The van der Waals surface area contributed by atoms with Gasteiger partial charge in [-0.05, 0) is 56.5 Å². The summed E-state index contributed by atoms with van der Waals surface area (Å²) in [7, 11) is 0. The molecule has 0 fully saturated rings. The van der Waals surface area contributed by atoms with Gasteiger partial charge in [0.25, 0.3) is 0 Å². The first-order chi connectivity index (χ1) is 11.9. The molecule has 0 saturated heterocycles. The maximum atomic E-state index is 12.4. The lowest BCUT2D eigenvalue weighted by Crippen LogP contribution is -1.98. The van der Waals surface area contributed by atoms with E-state index in [9.17, 15) is 9.90 Å². The van der Waals surface area contributed by atoms with E-state index in [2.05, 4.69) is 0 Å². The monoisotopic (exact) mass is 334 g/mol. The van der Waals surface area contributed by atoms with Gasteiger partial charge in [0.1, 0.15) is 22.3 Å². The highest BCUT2D eigenvalue weighted by atomic mass is 16.4. The lowest BCUT2D eigenvalue weighted by molar-refractivity contribution is 0.468. The highest BCUT2D eigenvalue weighted by Gasteiger charge is 2.17. The van der Waals surface area contributed by atoms with Crippen LogP contribution in [0.3, 0.4) is 0 Å². The van der Waals surface area contributed by atoms with Crippen LogP contribution in [-0.2, 0) is 6.42 Å². The van der Waals surface area contributed by atoms with Crippen molar-refractivity contribution in [2.45, 2.75) is 27.2 Å². The van der Waals surface area contributed by atoms with Crippen molar-refractivity contribution in [3.8, 4) is 5.75 Å². The summed E-state index contributed by atoms with van der Waals surface area (Å²) in [6.07, 6.45) is 2.64. The van der Waals surface area contributed by atoms with Crippen molar-refractivity contribution in [2.75, 3.05) is 0 Å². The zero-order valence-electron chi connectivity index (χ0n) is 14.3. The molecule has 4 nitrogen and oxygen atoms in total. The fraction of sp³-hybridized carbons (Fsp3) is 0.190. The molecule has 0 unspecified atom stereocenters. The van der Waals surface area contributed by atoms with Gasteiger partial charge >= 0.3 is 5.63 Å². The molecule has 126 valence electrons. The van der Waals surface area contributed by atoms with Crippen molar-refractivity contribution in [2.24, 2.45) is 0 Å². The van der Waals surface area contributed by atoms with Crippen molar-refractivity contribution in [3.05, 3.63) is 63.5 Å². The van der Waals surface area contributed by atoms with Gasteiger partial charge < -0.3 is 13.9 Å². The summed E-state index contributed by atoms with van der Waals surface area (Å²) >= 11 is 0. The van der Waals surface area contributed by atoms with E-state index in [0.29, 0.717) is 33.9 Å². The summed E-state index contributed by atoms with van der Waals surface area (Å²) in [5, 5.41) is 12.1. The van der Waals surface area contributed by atoms with E-state index in [4.69, 9.17) is 8.83 Å². The number of allylic oxidation sites excluding steroid dienone is 2. The summed E-state index contributed by atoms with van der Waals surface area (Å²) in [4.78, 5) is 12.4. The second kappa shape index (κ2) is 5.52. The fourth-order valence-electron chi connectivity index (χ4n) is 3.10. The zero-order valence-corrected chi connectivity index (χ0v) is 14.3. The minimum Gasteiger partial charge on any atom is -0.508 e. The first-order valence-corrected chi connectivity index (χ1v) is 8.19. The van der Waals surface area contributed by atoms with Crippen LogP contribution in [0.25, 0.3) is 32.9 Å². The average Bonchev–Trinajstić information content (AvgIpc) is 2.92. The van der Waals surface area contributed by atoms with Gasteiger partial charge in [0.2, 0.25) is 0 Å². The molecule has 0 aliphatic heterocycles. The molecular formula is C21H18O4. The lowest BCUT2D eigenvalue weighted by Gasteiger charge is -2.05. The molecule has 2 heterocycles. The molecule has 0 radical (unpaired) electrons. The fourth-order valence-corrected chi connectivity index (χ4v) is 3.10. The molecule has 0 spiro atoms. The zero-order chi connectivity index (χ0) is 17.7. The van der Waals surface area contributed by atoms with Gasteiger partial charge in [-0.25, -0.2) is 4.79 Å². The molecule has 0 amide bonds. The van der Waals surface area contributed by atoms with Gasteiger partial charge in [0.15, 0.2) is 5.58 Å². The molecule has 25 heavy (non-hydrogen) atoms. The Balaban J connectivity index is 2.10. The SMILES string of the molecule is CC(C)=CCc1cc2c(cc1O)oc(=O)c1c3ccc(C)cc3oc21. The van der Waals surface area contributed by atoms with Gasteiger partial charge in [0.05, 0.1) is 5.39 Å². The molecule has 4 heteroatoms. The van der Waals surface area contributed by atoms with E-state index in [0.717, 1.165) is 16.5 Å². The third-order valence-electron chi connectivity index (χ3n) is 4.41. The lowest BCUT2D eigenvalue weighted by atomic mass is 10.0. The number of phenols is 1. The molecule has 4 rings (SSSR count). The van der Waals surface area contributed by atoms with Gasteiger partial charge in [-0.15, -0.1) is 0 Å². The molecule has 4 aromatic rings. The highest BCUT2D eigenvalue weighted by Crippen LogP contribution is 2.34. The predicted molar refractivity (Wildman–Crippen MR) is 99.3 cm³/mol. The Labute approximate surface area is 144 Å². The van der Waals surface area contributed by atoms with Crippen molar-refractivity contribution in [1.29, 1.82) is 0 Å². The number of furan rings is 1. The Kier molecular flexibility index (Phi) is 3.42. The second-order valence-corrected chi connectivity index (χ2v) is 6.66. The van der Waals surface area contributed by atoms with Crippen LogP contribution in [0, 0.1) is 6.92 Å². The number of aryl methyl sites for hydroxylation is 1. The van der Waals surface area contributed by atoms with Crippen LogP contribution in [0.5, 0.6) is 5.75 Å². The van der Waals surface area contributed by atoms with Crippen LogP contribution in [0.4, 0.5) is 0 Å². The summed E-state index contributed by atoms with van der Waals surface area (Å²) < 4.78 is 11.4. The minimum absolute atomic E-state index is 0.111. The van der Waals surface area contributed by atoms with Crippen molar-refractivity contribution >= 4 is 32.9 Å². The molecule has 0 bridgehead atoms. The molecule has 0 saturated carbocycles. The Bertz CT molecular complexity index is 1220. The maximum Gasteiger partial charge on any atom is 0.348 e. The third-order valence-corrected chi connectivity index (χ3v) is 4.41. The number of hydrogen-bond acceptors (Lipinski definition) is 4. The molecule has 2 aromatic heterocycles. The first kappa shape index (κ1) is 15.5. The number of benzene rings is 2. The molecule has 0 aliphatic carbocycles. The van der Waals surface area contributed by atoms with Crippen molar-refractivity contribution in [1.82, 2.24) is 0 Å². The van der Waals surface area contributed by atoms with Gasteiger partial charge in [-0.1, -0.05) is 17.7 Å². The van der Waals surface area contributed by atoms with Gasteiger partial charge in [-0.2, -0.15) is 0 Å². The number of phenolic OH excluding ortho intramolecular Hbond substituents is 1. The highest BCUT2D eigenvalue weighted by molar-refractivity contribution is 6.13. The van der Waals surface area contributed by atoms with Gasteiger partial charge in [-0.3, -0.25) is 0 Å². The minimum atomic E-state index is -0.457. The molecular weight excluding hydrogens is 316 g/mol. The van der Waals surface area contributed by atoms with Crippen LogP contribution < -0.4 is 5.63 Å². The van der Waals surface area contributed by atoms with Crippen LogP contribution >= 0.6 is 0 Å². The molecule has 0 aliphatic rings. The first-order valence-electron chi connectivity index (χ1n) is 8.19. The third kappa shape index (κ3) is 2.50. The Morgan fingerprint density at radius 1 is 1.08 bits per heavy atom. The second-order valence-electron chi connectivity index (χ2n) is 6.66. The Hall–Kier alpha value is -3.01. The van der Waals surface area contributed by atoms with Gasteiger partial charge in [0, 0.05) is 11.5 Å². The Morgan fingerprint density at radius 3 is 2.60 bits per heavy atom. The molecule has 2 aromatic carbocycles. The van der Waals surface area contributed by atoms with E-state index in [1.807, 2.05) is 51.1 Å². The predicted octanol–water partition coefficient (Wildman–Crippen LogP) is 5.22. The number of hydrogen-bond donors (Lipinski definition) is 1. The summed E-state index contributed by atoms with van der Waals surface area (Å²) in [6.45, 7) is 6.00. The van der Waals surface area contributed by atoms with E-state index in [1.54, 1.807) is 0 Å². The van der Waals surface area contributed by atoms with E-state index < -0.39 is 5.63 Å². The van der Waals surface area contributed by atoms with Crippen LogP contribution in [0.1, 0.15) is 25.0 Å².